The molecule has 1 aromatic heterocycles. The molecule has 0 atom stereocenters. The van der Waals surface area contributed by atoms with E-state index < -0.39 is 0 Å². The van der Waals surface area contributed by atoms with E-state index in [9.17, 15) is 0 Å². The second-order valence-electron chi connectivity index (χ2n) is 3.69. The molecular weight excluding hydrogens is 257 g/mol. The molecule has 0 radical (unpaired) electrons. The smallest absolute Gasteiger partial charge is 0.146 e. The number of halogens is 2. The van der Waals surface area contributed by atoms with Crippen molar-refractivity contribution in [3.63, 3.8) is 0 Å². The summed E-state index contributed by atoms with van der Waals surface area (Å²) in [7, 11) is 0. The second-order valence-corrected chi connectivity index (χ2v) is 4.53. The minimum atomic E-state index is 0.429. The van der Waals surface area contributed by atoms with Crippen LogP contribution in [0.2, 0.25) is 10.0 Å². The molecule has 17 heavy (non-hydrogen) atoms. The van der Waals surface area contributed by atoms with E-state index >= 15 is 0 Å². The van der Waals surface area contributed by atoms with Crippen LogP contribution < -0.4 is 5.73 Å². The summed E-state index contributed by atoms with van der Waals surface area (Å²) in [6, 6.07) is 9.11. The molecule has 1 heterocycles. The van der Waals surface area contributed by atoms with Gasteiger partial charge in [0.25, 0.3) is 0 Å². The van der Waals surface area contributed by atoms with Crippen LogP contribution in [-0.4, -0.2) is 10.2 Å². The van der Waals surface area contributed by atoms with E-state index in [1.807, 2.05) is 18.2 Å². The summed E-state index contributed by atoms with van der Waals surface area (Å²) >= 11 is 11.9. The highest BCUT2D eigenvalue weighted by atomic mass is 35.5. The summed E-state index contributed by atoms with van der Waals surface area (Å²) < 4.78 is 0. The minimum absolute atomic E-state index is 0.429. The molecule has 0 saturated heterocycles. The number of anilines is 1. The van der Waals surface area contributed by atoms with Gasteiger partial charge in [-0.3, -0.25) is 0 Å². The topological polar surface area (TPSA) is 51.8 Å². The number of aryl methyl sites for hydroxylation is 2. The van der Waals surface area contributed by atoms with E-state index in [-0.39, 0.29) is 0 Å². The maximum atomic E-state index is 6.08. The Bertz CT molecular complexity index is 512. The van der Waals surface area contributed by atoms with Crippen LogP contribution in [-0.2, 0) is 12.8 Å². The molecule has 0 aliphatic rings. The fourth-order valence-electron chi connectivity index (χ4n) is 1.49. The van der Waals surface area contributed by atoms with Crippen LogP contribution in [0.3, 0.4) is 0 Å². The van der Waals surface area contributed by atoms with Crippen molar-refractivity contribution in [2.45, 2.75) is 12.8 Å². The highest BCUT2D eigenvalue weighted by molar-refractivity contribution is 6.35. The first kappa shape index (κ1) is 12.1. The third-order valence-corrected chi connectivity index (χ3v) is 2.99. The van der Waals surface area contributed by atoms with Crippen LogP contribution >= 0.6 is 23.2 Å². The lowest BCUT2D eigenvalue weighted by molar-refractivity contribution is 0.863. The predicted molar refractivity (Wildman–Crippen MR) is 70.3 cm³/mol. The number of rotatable bonds is 3. The lowest BCUT2D eigenvalue weighted by Gasteiger charge is -2.04. The van der Waals surface area contributed by atoms with Crippen LogP contribution in [0.15, 0.2) is 30.3 Å². The van der Waals surface area contributed by atoms with Crippen LogP contribution in [0, 0.1) is 0 Å². The summed E-state index contributed by atoms with van der Waals surface area (Å²) in [5.41, 5.74) is 7.41. The van der Waals surface area contributed by atoms with E-state index in [4.69, 9.17) is 28.9 Å². The van der Waals surface area contributed by atoms with Gasteiger partial charge in [0.05, 0.1) is 5.69 Å². The molecule has 88 valence electrons. The number of aromatic nitrogens is 2. The fourth-order valence-corrected chi connectivity index (χ4v) is 1.99. The number of nitrogens with two attached hydrogens (primary N) is 1. The number of benzene rings is 1. The molecule has 0 aliphatic carbocycles. The molecule has 0 fully saturated rings. The maximum absolute atomic E-state index is 6.08. The van der Waals surface area contributed by atoms with Gasteiger partial charge in [-0.1, -0.05) is 29.3 Å². The van der Waals surface area contributed by atoms with Gasteiger partial charge in [0.15, 0.2) is 0 Å². The van der Waals surface area contributed by atoms with E-state index in [1.54, 1.807) is 12.1 Å². The molecule has 0 unspecified atom stereocenters. The van der Waals surface area contributed by atoms with Gasteiger partial charge < -0.3 is 5.73 Å². The Morgan fingerprint density at radius 2 is 1.82 bits per heavy atom. The summed E-state index contributed by atoms with van der Waals surface area (Å²) in [4.78, 5) is 0. The Labute approximate surface area is 110 Å². The lowest BCUT2D eigenvalue weighted by atomic mass is 10.1. The quantitative estimate of drug-likeness (QED) is 0.930. The normalized spacial score (nSPS) is 10.5. The van der Waals surface area contributed by atoms with Crippen molar-refractivity contribution in [2.75, 3.05) is 5.73 Å². The first-order valence-electron chi connectivity index (χ1n) is 5.17. The molecule has 5 heteroatoms. The number of hydrogen-bond donors (Lipinski definition) is 1. The fraction of sp³-hybridized carbons (Fsp3) is 0.167. The molecule has 0 amide bonds. The zero-order valence-corrected chi connectivity index (χ0v) is 10.5. The molecular formula is C12H11Cl2N3. The van der Waals surface area contributed by atoms with Gasteiger partial charge in [-0.25, -0.2) is 0 Å². The molecule has 3 nitrogen and oxygen atoms in total. The van der Waals surface area contributed by atoms with E-state index in [1.165, 1.54) is 0 Å². The zero-order valence-electron chi connectivity index (χ0n) is 9.03. The zero-order chi connectivity index (χ0) is 12.3. The van der Waals surface area contributed by atoms with Crippen LogP contribution in [0.25, 0.3) is 0 Å². The number of nitrogens with zero attached hydrogens (tertiary/aromatic N) is 2. The average Bonchev–Trinajstić information content (AvgIpc) is 2.30. The third kappa shape index (κ3) is 3.32. The van der Waals surface area contributed by atoms with Crippen LogP contribution in [0.1, 0.15) is 11.3 Å². The van der Waals surface area contributed by atoms with Crippen molar-refractivity contribution in [1.82, 2.24) is 10.2 Å². The summed E-state index contributed by atoms with van der Waals surface area (Å²) in [6.07, 6.45) is 1.57. The van der Waals surface area contributed by atoms with Crippen molar-refractivity contribution in [1.29, 1.82) is 0 Å². The Morgan fingerprint density at radius 3 is 2.47 bits per heavy atom. The van der Waals surface area contributed by atoms with Gasteiger partial charge in [-0.05, 0) is 42.7 Å². The lowest BCUT2D eigenvalue weighted by Crippen LogP contribution is -1.99. The molecule has 2 aromatic rings. The molecule has 2 N–H and O–H groups in total. The van der Waals surface area contributed by atoms with Crippen molar-refractivity contribution in [3.05, 3.63) is 51.6 Å². The van der Waals surface area contributed by atoms with Crippen molar-refractivity contribution in [3.8, 4) is 0 Å². The van der Waals surface area contributed by atoms with Gasteiger partial charge in [0.2, 0.25) is 0 Å². The second kappa shape index (κ2) is 5.34. The highest BCUT2D eigenvalue weighted by Gasteiger charge is 2.03. The molecule has 1 aromatic carbocycles. The standard InChI is InChI=1S/C12H11Cl2N3/c13-9-3-1-8(11(14)7-9)2-4-10-5-6-12(15)17-16-10/h1,3,5-7H,2,4H2,(H2,15,17). The summed E-state index contributed by atoms with van der Waals surface area (Å²) in [6.45, 7) is 0. The maximum Gasteiger partial charge on any atom is 0.146 e. The molecule has 0 aliphatic heterocycles. The van der Waals surface area contributed by atoms with Crippen molar-refractivity contribution >= 4 is 29.0 Å². The number of nitrogen functional groups attached to an aromatic ring is 1. The van der Waals surface area contributed by atoms with Gasteiger partial charge in [-0.15, -0.1) is 5.10 Å². The summed E-state index contributed by atoms with van der Waals surface area (Å²) in [5.74, 6) is 0.429. The Balaban J connectivity index is 2.04. The number of hydrogen-bond acceptors (Lipinski definition) is 3. The molecule has 0 saturated carbocycles. The minimum Gasteiger partial charge on any atom is -0.382 e. The van der Waals surface area contributed by atoms with Gasteiger partial charge >= 0.3 is 0 Å². The summed E-state index contributed by atoms with van der Waals surface area (Å²) in [5, 5.41) is 9.12. The van der Waals surface area contributed by atoms with Crippen molar-refractivity contribution in [2.24, 2.45) is 0 Å². The van der Waals surface area contributed by atoms with Gasteiger partial charge in [-0.2, -0.15) is 5.10 Å². The van der Waals surface area contributed by atoms with Crippen LogP contribution in [0.5, 0.6) is 0 Å². The molecule has 0 spiro atoms. The monoisotopic (exact) mass is 267 g/mol. The molecule has 2 rings (SSSR count). The van der Waals surface area contributed by atoms with Crippen molar-refractivity contribution < 1.29 is 0 Å². The van der Waals surface area contributed by atoms with E-state index in [2.05, 4.69) is 10.2 Å². The Hall–Kier alpha value is -1.32. The van der Waals surface area contributed by atoms with Gasteiger partial charge in [0, 0.05) is 10.0 Å². The SMILES string of the molecule is Nc1ccc(CCc2ccc(Cl)cc2Cl)nn1. The highest BCUT2D eigenvalue weighted by Crippen LogP contribution is 2.22. The van der Waals surface area contributed by atoms with Crippen LogP contribution in [0.4, 0.5) is 5.82 Å². The first-order chi connectivity index (χ1) is 8.15. The average molecular weight is 268 g/mol. The first-order valence-corrected chi connectivity index (χ1v) is 5.93. The Kier molecular flexibility index (Phi) is 3.82. The third-order valence-electron chi connectivity index (χ3n) is 2.41. The van der Waals surface area contributed by atoms with E-state index in [0.717, 1.165) is 24.1 Å². The Morgan fingerprint density at radius 1 is 1.00 bits per heavy atom. The largest absolute Gasteiger partial charge is 0.382 e. The predicted octanol–water partition coefficient (Wildman–Crippen LogP) is 3.15. The van der Waals surface area contributed by atoms with Gasteiger partial charge in [0.1, 0.15) is 5.82 Å². The molecule has 0 bridgehead atoms. The van der Waals surface area contributed by atoms with E-state index in [0.29, 0.717) is 15.9 Å².